The topological polar surface area (TPSA) is 130 Å². The summed E-state index contributed by atoms with van der Waals surface area (Å²) in [5.41, 5.74) is 1.29. The minimum absolute atomic E-state index is 0.0218. The van der Waals surface area contributed by atoms with E-state index < -0.39 is 18.8 Å². The molecule has 2 rings (SSSR count). The number of benzene rings is 1. The summed E-state index contributed by atoms with van der Waals surface area (Å²) < 4.78 is 22.6. The minimum atomic E-state index is -3.73. The highest BCUT2D eigenvalue weighted by Gasteiger charge is 2.50. The predicted molar refractivity (Wildman–Crippen MR) is 138 cm³/mol. The molecule has 0 aliphatic carbocycles. The molecule has 0 fully saturated rings. The Morgan fingerprint density at radius 2 is 1.64 bits per heavy atom. The first-order chi connectivity index (χ1) is 17.2. The van der Waals surface area contributed by atoms with Gasteiger partial charge in [0, 0.05) is 18.7 Å². The highest BCUT2D eigenvalue weighted by Crippen LogP contribution is 2.58. The van der Waals surface area contributed by atoms with Crippen LogP contribution >= 0.6 is 7.94 Å². The van der Waals surface area contributed by atoms with Gasteiger partial charge in [-0.15, -0.1) is 0 Å². The number of carbonyl (C=O) groups excluding carboxylic acids is 1. The van der Waals surface area contributed by atoms with E-state index in [9.17, 15) is 19.8 Å². The molecule has 0 aliphatic rings. The maximum Gasteiger partial charge on any atom is 0.448 e. The number of aromatic nitrogens is 1. The molecule has 0 radical (unpaired) electrons. The second-order valence-electron chi connectivity index (χ2n) is 8.12. The van der Waals surface area contributed by atoms with E-state index >= 15 is 0 Å². The lowest BCUT2D eigenvalue weighted by Crippen LogP contribution is -2.27. The molecule has 10 nitrogen and oxygen atoms in total. The van der Waals surface area contributed by atoms with Gasteiger partial charge in [0.15, 0.2) is 0 Å². The van der Waals surface area contributed by atoms with Gasteiger partial charge < -0.3 is 9.47 Å². The quantitative estimate of drug-likeness (QED) is 0.111. The summed E-state index contributed by atoms with van der Waals surface area (Å²) >= 11 is 0. The normalized spacial score (nSPS) is 11.5. The molecule has 1 aromatic carbocycles. The molecular formula is C25H36N2O8P+. The van der Waals surface area contributed by atoms with Gasteiger partial charge in [0.1, 0.15) is 6.61 Å². The lowest BCUT2D eigenvalue weighted by atomic mass is 9.97. The molecule has 198 valence electrons. The molecule has 0 saturated heterocycles. The summed E-state index contributed by atoms with van der Waals surface area (Å²) in [5, 5.41) is 11.7. The largest absolute Gasteiger partial charge is 0.460 e. The van der Waals surface area contributed by atoms with E-state index in [1.807, 2.05) is 20.8 Å². The highest BCUT2D eigenvalue weighted by atomic mass is 31.2. The maximum atomic E-state index is 13.3. The number of nitro benzene ring substituents is 1. The number of nitro groups is 1. The van der Waals surface area contributed by atoms with Gasteiger partial charge in [0.2, 0.25) is 5.30 Å². The first kappa shape index (κ1) is 29.7. The van der Waals surface area contributed by atoms with Gasteiger partial charge in [0.25, 0.3) is 5.69 Å². The second-order valence-corrected chi connectivity index (χ2v) is 10.1. The van der Waals surface area contributed by atoms with Crippen molar-refractivity contribution in [1.82, 2.24) is 4.98 Å². The zero-order valence-electron chi connectivity index (χ0n) is 21.6. The first-order valence-corrected chi connectivity index (χ1v) is 13.7. The predicted octanol–water partition coefficient (Wildman–Crippen LogP) is 5.09. The average Bonchev–Trinajstić information content (AvgIpc) is 2.85. The summed E-state index contributed by atoms with van der Waals surface area (Å²) in [6.07, 6.45) is 2.08. The number of aryl methyl sites for hydroxylation is 2. The zero-order valence-corrected chi connectivity index (χ0v) is 22.5. The second kappa shape index (κ2) is 14.3. The van der Waals surface area contributed by atoms with Crippen molar-refractivity contribution < 1.29 is 33.1 Å². The van der Waals surface area contributed by atoms with Gasteiger partial charge in [0.05, 0.1) is 47.3 Å². The molecule has 2 aromatic rings. The summed E-state index contributed by atoms with van der Waals surface area (Å²) in [6, 6.07) is 5.86. The van der Waals surface area contributed by atoms with Crippen LogP contribution in [0.4, 0.5) is 5.69 Å². The smallest absolute Gasteiger partial charge is 0.448 e. The Morgan fingerprint density at radius 1 is 1.00 bits per heavy atom. The third-order valence-electron chi connectivity index (χ3n) is 5.11. The fraction of sp³-hybridized carbons (Fsp3) is 0.520. The summed E-state index contributed by atoms with van der Waals surface area (Å²) in [5.74, 6) is -0.680. The van der Waals surface area contributed by atoms with E-state index in [4.69, 9.17) is 18.5 Å². The van der Waals surface area contributed by atoms with E-state index in [0.717, 1.165) is 6.42 Å². The van der Waals surface area contributed by atoms with Crippen molar-refractivity contribution in [2.75, 3.05) is 33.0 Å². The Hall–Kier alpha value is -2.49. The monoisotopic (exact) mass is 523 g/mol. The number of hydrogen-bond acceptors (Lipinski definition) is 9. The van der Waals surface area contributed by atoms with Crippen LogP contribution in [0.3, 0.4) is 0 Å². The molecule has 1 aromatic heterocycles. The van der Waals surface area contributed by atoms with Crippen LogP contribution in [0.5, 0.6) is 0 Å². The molecule has 36 heavy (non-hydrogen) atoms. The molecule has 0 bridgehead atoms. The Balaban J connectivity index is 2.76. The number of esters is 1. The van der Waals surface area contributed by atoms with Crippen LogP contribution in [0, 0.1) is 24.0 Å². The Kier molecular flexibility index (Phi) is 11.8. The first-order valence-electron chi connectivity index (χ1n) is 12.1. The third kappa shape index (κ3) is 7.51. The minimum Gasteiger partial charge on any atom is -0.460 e. The third-order valence-corrected chi connectivity index (χ3v) is 7.29. The molecule has 1 N–H and O–H groups in total. The van der Waals surface area contributed by atoms with Gasteiger partial charge in [-0.05, 0) is 38.7 Å². The standard InChI is InChI=1S/C25H36N2O8P/c1-6-12-32-15-16-33-25(28)22-18(4)26-19(5)24(36(31,34-13-7-2)35-14-8-3)23(22)20-10-9-11-21(17-20)27(29)30/h9-11,17,31H,6-8,12-16H2,1-5H3/q+1. The number of nitrogens with zero attached hydrogens (tertiary/aromatic N) is 2. The molecule has 0 atom stereocenters. The number of pyridine rings is 1. The van der Waals surface area contributed by atoms with E-state index in [1.165, 1.54) is 18.2 Å². The van der Waals surface area contributed by atoms with Crippen LogP contribution in [0.25, 0.3) is 11.1 Å². The lowest BCUT2D eigenvalue weighted by molar-refractivity contribution is -0.384. The van der Waals surface area contributed by atoms with E-state index in [2.05, 4.69) is 4.98 Å². The molecule has 0 saturated carbocycles. The molecular weight excluding hydrogens is 487 g/mol. The van der Waals surface area contributed by atoms with Crippen LogP contribution in [-0.2, 0) is 18.5 Å². The van der Waals surface area contributed by atoms with Crippen molar-refractivity contribution in [2.24, 2.45) is 0 Å². The summed E-state index contributed by atoms with van der Waals surface area (Å²) in [6.45, 7) is 10.3. The lowest BCUT2D eigenvalue weighted by Gasteiger charge is -2.23. The molecule has 0 amide bonds. The Labute approximate surface area is 212 Å². The summed E-state index contributed by atoms with van der Waals surface area (Å²) in [4.78, 5) is 40.6. The van der Waals surface area contributed by atoms with Gasteiger partial charge in [-0.25, -0.2) is 4.79 Å². The molecule has 0 aliphatic heterocycles. The fourth-order valence-corrected chi connectivity index (χ4v) is 5.78. The highest BCUT2D eigenvalue weighted by molar-refractivity contribution is 7.69. The van der Waals surface area contributed by atoms with Gasteiger partial charge in [-0.2, -0.15) is 13.9 Å². The van der Waals surface area contributed by atoms with Crippen LogP contribution < -0.4 is 5.30 Å². The van der Waals surface area contributed by atoms with E-state index in [0.29, 0.717) is 36.4 Å². The Morgan fingerprint density at radius 3 is 2.22 bits per heavy atom. The van der Waals surface area contributed by atoms with Gasteiger partial charge in [-0.3, -0.25) is 15.1 Å². The van der Waals surface area contributed by atoms with Crippen molar-refractivity contribution >= 4 is 24.9 Å². The van der Waals surface area contributed by atoms with Crippen molar-refractivity contribution in [1.29, 1.82) is 0 Å². The summed E-state index contributed by atoms with van der Waals surface area (Å²) in [7, 11) is -3.73. The van der Waals surface area contributed by atoms with Crippen molar-refractivity contribution in [3.63, 3.8) is 0 Å². The maximum absolute atomic E-state index is 13.3. The number of hydrogen-bond donors (Lipinski definition) is 1. The van der Waals surface area contributed by atoms with Crippen LogP contribution in [0.15, 0.2) is 24.3 Å². The number of non-ortho nitro benzene ring substituents is 1. The molecule has 0 unspecified atom stereocenters. The number of carbonyl (C=O) groups is 1. The van der Waals surface area contributed by atoms with Crippen molar-refractivity contribution in [2.45, 2.75) is 53.9 Å². The van der Waals surface area contributed by atoms with Gasteiger partial charge in [-0.1, -0.05) is 32.9 Å². The Bertz CT molecular complexity index is 1040. The number of rotatable bonds is 15. The molecule has 0 spiro atoms. The SMILES string of the molecule is CCCOCCOC(=O)c1c(C)nc(C)c([P+](O)(OCCC)OCCC)c1-c1cccc([N+](=O)[O-])c1. The van der Waals surface area contributed by atoms with Crippen LogP contribution in [0.1, 0.15) is 61.8 Å². The average molecular weight is 524 g/mol. The molecule has 11 heteroatoms. The van der Waals surface area contributed by atoms with Crippen LogP contribution in [-0.4, -0.2) is 53.8 Å². The fourth-order valence-electron chi connectivity index (χ4n) is 3.60. The van der Waals surface area contributed by atoms with Crippen molar-refractivity contribution in [3.8, 4) is 11.1 Å². The molecule has 1 heterocycles. The van der Waals surface area contributed by atoms with E-state index in [1.54, 1.807) is 19.9 Å². The zero-order chi connectivity index (χ0) is 26.7. The number of ether oxygens (including phenoxy) is 2. The van der Waals surface area contributed by atoms with Crippen LogP contribution in [0.2, 0.25) is 0 Å². The van der Waals surface area contributed by atoms with Crippen molar-refractivity contribution in [3.05, 3.63) is 51.3 Å². The van der Waals surface area contributed by atoms with Gasteiger partial charge >= 0.3 is 13.9 Å². The van der Waals surface area contributed by atoms with E-state index in [-0.39, 0.29) is 48.5 Å².